The van der Waals surface area contributed by atoms with Crippen molar-refractivity contribution in [2.45, 2.75) is 19.9 Å². The zero-order valence-electron chi connectivity index (χ0n) is 14.1. The van der Waals surface area contributed by atoms with E-state index in [4.69, 9.17) is 23.2 Å². The number of pyridine rings is 1. The van der Waals surface area contributed by atoms with E-state index < -0.39 is 5.91 Å². The Morgan fingerprint density at radius 2 is 1.88 bits per heavy atom. The number of nitrogens with zero attached hydrogens (tertiary/aromatic N) is 2. The van der Waals surface area contributed by atoms with Crippen LogP contribution in [0.25, 0.3) is 5.52 Å². The number of halogens is 2. The van der Waals surface area contributed by atoms with Gasteiger partial charge in [0.2, 0.25) is 5.82 Å². The second kappa shape index (κ2) is 7.35. The number of hydrogen-bond donors (Lipinski definition) is 2. The number of benzene rings is 1. The van der Waals surface area contributed by atoms with Gasteiger partial charge in [-0.15, -0.1) is 0 Å². The molecule has 2 amide bonds. The highest BCUT2D eigenvalue weighted by Crippen LogP contribution is 2.26. The summed E-state index contributed by atoms with van der Waals surface area (Å²) in [5, 5.41) is 6.25. The first-order valence-corrected chi connectivity index (χ1v) is 8.66. The zero-order chi connectivity index (χ0) is 18.8. The summed E-state index contributed by atoms with van der Waals surface area (Å²) in [4.78, 5) is 29.4. The van der Waals surface area contributed by atoms with Crippen molar-refractivity contribution >= 4 is 46.2 Å². The van der Waals surface area contributed by atoms with Crippen LogP contribution in [0.5, 0.6) is 0 Å². The Kier molecular flexibility index (Phi) is 5.15. The van der Waals surface area contributed by atoms with Gasteiger partial charge < -0.3 is 10.6 Å². The van der Waals surface area contributed by atoms with Crippen LogP contribution >= 0.6 is 23.2 Å². The Bertz CT molecular complexity index is 998. The van der Waals surface area contributed by atoms with Crippen LogP contribution in [0, 0.1) is 0 Å². The summed E-state index contributed by atoms with van der Waals surface area (Å²) in [6.45, 7) is 3.70. The molecule has 0 aliphatic carbocycles. The Morgan fingerprint density at radius 3 is 2.62 bits per heavy atom. The summed E-state index contributed by atoms with van der Waals surface area (Å²) in [6.07, 6.45) is 1.67. The smallest absolute Gasteiger partial charge is 0.292 e. The number of nitrogens with one attached hydrogen (secondary N) is 2. The van der Waals surface area contributed by atoms with Gasteiger partial charge in [-0.05, 0) is 44.2 Å². The molecule has 134 valence electrons. The van der Waals surface area contributed by atoms with E-state index in [1.165, 1.54) is 0 Å². The van der Waals surface area contributed by atoms with E-state index in [2.05, 4.69) is 15.6 Å². The monoisotopic (exact) mass is 390 g/mol. The molecule has 26 heavy (non-hydrogen) atoms. The molecular weight excluding hydrogens is 375 g/mol. The molecule has 0 saturated heterocycles. The molecular formula is C18H16Cl2N4O2. The molecule has 0 spiro atoms. The minimum Gasteiger partial charge on any atom is -0.348 e. The maximum Gasteiger partial charge on any atom is 0.292 e. The largest absolute Gasteiger partial charge is 0.348 e. The van der Waals surface area contributed by atoms with Crippen LogP contribution in [0.4, 0.5) is 5.69 Å². The molecule has 0 fully saturated rings. The molecule has 2 heterocycles. The van der Waals surface area contributed by atoms with E-state index in [-0.39, 0.29) is 23.5 Å². The molecule has 1 aromatic carbocycles. The van der Waals surface area contributed by atoms with E-state index >= 15 is 0 Å². The Hall–Kier alpha value is -2.57. The third-order valence-electron chi connectivity index (χ3n) is 3.56. The minimum absolute atomic E-state index is 0.0505. The van der Waals surface area contributed by atoms with E-state index in [9.17, 15) is 9.59 Å². The number of rotatable bonds is 4. The lowest BCUT2D eigenvalue weighted by Crippen LogP contribution is -2.30. The standard InChI is InChI=1S/C18H16Cl2N4O2/c1-10(2)21-17(25)15-14-5-3-4-8-24(14)16(23-15)18(26)22-13-9-11(19)6-7-12(13)20/h3-10H,1-2H3,(H,21,25)(H,22,26). The van der Waals surface area contributed by atoms with Crippen molar-refractivity contribution in [2.75, 3.05) is 5.32 Å². The molecule has 0 radical (unpaired) electrons. The highest BCUT2D eigenvalue weighted by molar-refractivity contribution is 6.35. The van der Waals surface area contributed by atoms with Gasteiger partial charge >= 0.3 is 0 Å². The fraction of sp³-hybridized carbons (Fsp3) is 0.167. The second-order valence-electron chi connectivity index (χ2n) is 5.95. The van der Waals surface area contributed by atoms with Crippen LogP contribution in [-0.2, 0) is 0 Å². The zero-order valence-corrected chi connectivity index (χ0v) is 15.6. The summed E-state index contributed by atoms with van der Waals surface area (Å²) >= 11 is 12.0. The lowest BCUT2D eigenvalue weighted by molar-refractivity contribution is 0.0940. The lowest BCUT2D eigenvalue weighted by Gasteiger charge is -2.07. The highest BCUT2D eigenvalue weighted by Gasteiger charge is 2.22. The molecule has 8 heteroatoms. The van der Waals surface area contributed by atoms with E-state index in [0.29, 0.717) is 21.2 Å². The second-order valence-corrected chi connectivity index (χ2v) is 6.79. The molecule has 0 aliphatic heterocycles. The molecule has 0 aliphatic rings. The first kappa shape index (κ1) is 18.2. The summed E-state index contributed by atoms with van der Waals surface area (Å²) in [5.41, 5.74) is 1.08. The summed E-state index contributed by atoms with van der Waals surface area (Å²) in [7, 11) is 0. The molecule has 3 aromatic rings. The molecule has 0 saturated carbocycles. The van der Waals surface area contributed by atoms with Gasteiger partial charge in [0.1, 0.15) is 0 Å². The fourth-order valence-electron chi connectivity index (χ4n) is 2.47. The number of hydrogen-bond acceptors (Lipinski definition) is 3. The third-order valence-corrected chi connectivity index (χ3v) is 4.13. The van der Waals surface area contributed by atoms with Gasteiger partial charge in [-0.2, -0.15) is 0 Å². The van der Waals surface area contributed by atoms with Gasteiger partial charge in [0, 0.05) is 17.3 Å². The molecule has 3 rings (SSSR count). The van der Waals surface area contributed by atoms with Crippen molar-refractivity contribution in [2.24, 2.45) is 0 Å². The van der Waals surface area contributed by atoms with E-state index in [1.54, 1.807) is 47.0 Å². The maximum absolute atomic E-state index is 12.7. The SMILES string of the molecule is CC(C)NC(=O)c1nc(C(=O)Nc2cc(Cl)ccc2Cl)n2ccccc12. The van der Waals surface area contributed by atoms with Gasteiger partial charge in [0.15, 0.2) is 5.69 Å². The van der Waals surface area contributed by atoms with E-state index in [0.717, 1.165) is 0 Å². The first-order valence-electron chi connectivity index (χ1n) is 7.91. The molecule has 0 atom stereocenters. The molecule has 2 N–H and O–H groups in total. The van der Waals surface area contributed by atoms with Gasteiger partial charge in [0.25, 0.3) is 11.8 Å². The van der Waals surface area contributed by atoms with Crippen molar-refractivity contribution < 1.29 is 9.59 Å². The number of anilines is 1. The topological polar surface area (TPSA) is 75.5 Å². The van der Waals surface area contributed by atoms with Gasteiger partial charge in [-0.25, -0.2) is 4.98 Å². The number of carbonyl (C=O) groups is 2. The van der Waals surface area contributed by atoms with Crippen LogP contribution in [0.3, 0.4) is 0 Å². The molecule has 2 aromatic heterocycles. The number of aromatic nitrogens is 2. The molecule has 6 nitrogen and oxygen atoms in total. The van der Waals surface area contributed by atoms with Crippen molar-refractivity contribution in [3.63, 3.8) is 0 Å². The van der Waals surface area contributed by atoms with Crippen LogP contribution < -0.4 is 10.6 Å². The maximum atomic E-state index is 12.7. The highest BCUT2D eigenvalue weighted by atomic mass is 35.5. The Balaban J connectivity index is 2.01. The fourth-order valence-corrected chi connectivity index (χ4v) is 2.80. The van der Waals surface area contributed by atoms with Crippen molar-refractivity contribution in [1.29, 1.82) is 0 Å². The lowest BCUT2D eigenvalue weighted by atomic mass is 10.3. The first-order chi connectivity index (χ1) is 12.4. The summed E-state index contributed by atoms with van der Waals surface area (Å²) in [5.74, 6) is -0.770. The van der Waals surface area contributed by atoms with Gasteiger partial charge in [-0.1, -0.05) is 29.3 Å². The average Bonchev–Trinajstić information content (AvgIpc) is 2.97. The quantitative estimate of drug-likeness (QED) is 0.705. The minimum atomic E-state index is -0.501. The number of carbonyl (C=O) groups excluding carboxylic acids is 2. The summed E-state index contributed by atoms with van der Waals surface area (Å²) in [6, 6.07) is 9.96. The van der Waals surface area contributed by atoms with Crippen molar-refractivity contribution in [1.82, 2.24) is 14.7 Å². The van der Waals surface area contributed by atoms with E-state index in [1.807, 2.05) is 13.8 Å². The van der Waals surface area contributed by atoms with Crippen LogP contribution in [0.2, 0.25) is 10.0 Å². The number of fused-ring (bicyclic) bond motifs is 1. The van der Waals surface area contributed by atoms with Crippen LogP contribution in [0.1, 0.15) is 35.0 Å². The predicted octanol–water partition coefficient (Wildman–Crippen LogP) is 4.03. The Labute approximate surface area is 160 Å². The van der Waals surface area contributed by atoms with Crippen LogP contribution in [-0.4, -0.2) is 27.2 Å². The predicted molar refractivity (Wildman–Crippen MR) is 102 cm³/mol. The number of imidazole rings is 1. The van der Waals surface area contributed by atoms with Crippen molar-refractivity contribution in [3.05, 3.63) is 64.2 Å². The normalized spacial score (nSPS) is 11.0. The van der Waals surface area contributed by atoms with Gasteiger partial charge in [0.05, 0.1) is 16.2 Å². The third kappa shape index (κ3) is 3.66. The average molecular weight is 391 g/mol. The molecule has 0 unspecified atom stereocenters. The number of amides is 2. The van der Waals surface area contributed by atoms with Crippen LogP contribution in [0.15, 0.2) is 42.6 Å². The van der Waals surface area contributed by atoms with Gasteiger partial charge in [-0.3, -0.25) is 14.0 Å². The van der Waals surface area contributed by atoms with Crippen molar-refractivity contribution in [3.8, 4) is 0 Å². The summed E-state index contributed by atoms with van der Waals surface area (Å²) < 4.78 is 1.56. The Morgan fingerprint density at radius 1 is 1.12 bits per heavy atom. The molecule has 0 bridgehead atoms.